The molecule has 0 fully saturated rings. The van der Waals surface area contributed by atoms with Crippen molar-refractivity contribution in [1.82, 2.24) is 5.32 Å². The van der Waals surface area contributed by atoms with E-state index in [4.69, 9.17) is 94.5 Å². The second kappa shape index (κ2) is 32.3. The summed E-state index contributed by atoms with van der Waals surface area (Å²) in [6.45, 7) is 10.8. The number of rotatable bonds is 28. The molecule has 8 aromatic rings. The highest BCUT2D eigenvalue weighted by Crippen LogP contribution is 2.40. The van der Waals surface area contributed by atoms with E-state index >= 15 is 0 Å². The Morgan fingerprint density at radius 1 is 0.395 bits per heavy atom. The molecule has 0 aliphatic heterocycles. The molecule has 0 spiro atoms. The van der Waals surface area contributed by atoms with Gasteiger partial charge in [0.25, 0.3) is 0 Å². The Morgan fingerprint density at radius 2 is 0.721 bits per heavy atom. The van der Waals surface area contributed by atoms with E-state index in [9.17, 15) is 9.59 Å². The zero-order valence-electron chi connectivity index (χ0n) is 49.5. The number of nitrogens with one attached hydrogen (secondary N) is 1. The number of aldehydes is 2. The van der Waals surface area contributed by atoms with Gasteiger partial charge in [-0.1, -0.05) is 119 Å². The molecule has 17 heteroatoms. The number of carbonyl (C=O) groups is 2. The van der Waals surface area contributed by atoms with Crippen molar-refractivity contribution < 1.29 is 57.7 Å². The molecule has 0 aliphatic carbocycles. The molecule has 0 saturated carbocycles. The van der Waals surface area contributed by atoms with Crippen LogP contribution in [0, 0.1) is 27.7 Å². The predicted octanol–water partition coefficient (Wildman–Crippen LogP) is 15.9. The summed E-state index contributed by atoms with van der Waals surface area (Å²) < 4.78 is 46.2. The number of hydrogen-bond donors (Lipinski definition) is 3. The first-order valence-electron chi connectivity index (χ1n) is 27.8. The second-order valence-corrected chi connectivity index (χ2v) is 21.7. The van der Waals surface area contributed by atoms with Gasteiger partial charge < -0.3 is 53.4 Å². The Balaban J connectivity index is 0.000000248. The fourth-order valence-electron chi connectivity index (χ4n) is 9.82. The first kappa shape index (κ1) is 66.1. The summed E-state index contributed by atoms with van der Waals surface area (Å²) in [6, 6.07) is 38.2. The Bertz CT molecular complexity index is 3410. The van der Waals surface area contributed by atoms with Crippen LogP contribution < -0.4 is 43.2 Å². The smallest absolute Gasteiger partial charge is 0.153 e. The Labute approximate surface area is 523 Å². The zero-order valence-corrected chi connectivity index (χ0v) is 52.5. The molecule has 0 saturated heterocycles. The van der Waals surface area contributed by atoms with Crippen LogP contribution in [0.15, 0.2) is 121 Å². The van der Waals surface area contributed by atoms with Crippen LogP contribution in [0.2, 0.25) is 20.1 Å². The third-order valence-corrected chi connectivity index (χ3v) is 16.0. The highest BCUT2D eigenvalue weighted by atomic mass is 35.5. The minimum atomic E-state index is 0.0555. The van der Waals surface area contributed by atoms with Crippen molar-refractivity contribution in [1.29, 1.82) is 0 Å². The summed E-state index contributed by atoms with van der Waals surface area (Å²) in [5, 5.41) is 23.0. The van der Waals surface area contributed by atoms with Crippen molar-refractivity contribution in [2.24, 2.45) is 0 Å². The number of carbonyl (C=O) groups excluding carboxylic acids is 2. The van der Waals surface area contributed by atoms with Crippen molar-refractivity contribution in [3.8, 4) is 68.2 Å². The van der Waals surface area contributed by atoms with Gasteiger partial charge in [-0.2, -0.15) is 0 Å². The van der Waals surface area contributed by atoms with E-state index in [1.54, 1.807) is 32.4 Å². The van der Waals surface area contributed by atoms with Crippen LogP contribution in [0.4, 0.5) is 0 Å². The predicted molar refractivity (Wildman–Crippen MR) is 342 cm³/mol. The van der Waals surface area contributed by atoms with Crippen molar-refractivity contribution in [2.75, 3.05) is 48.2 Å². The van der Waals surface area contributed by atoms with Gasteiger partial charge >= 0.3 is 0 Å². The lowest BCUT2D eigenvalue weighted by Crippen LogP contribution is -2.18. The summed E-state index contributed by atoms with van der Waals surface area (Å²) in [6.07, 6.45) is 3.73. The molecule has 0 bridgehead atoms. The van der Waals surface area contributed by atoms with Gasteiger partial charge in [0, 0.05) is 49.5 Å². The van der Waals surface area contributed by atoms with E-state index < -0.39 is 0 Å². The van der Waals surface area contributed by atoms with Crippen molar-refractivity contribution in [3.63, 3.8) is 0 Å². The van der Waals surface area contributed by atoms with Gasteiger partial charge in [-0.25, -0.2) is 0 Å². The number of ether oxygens (including phenoxy) is 8. The number of benzene rings is 8. The summed E-state index contributed by atoms with van der Waals surface area (Å²) in [5.74, 6) is 4.15. The molecule has 0 radical (unpaired) electrons. The Morgan fingerprint density at radius 3 is 1.05 bits per heavy atom. The molecule has 0 amide bonds. The number of unbranched alkanes of at least 4 members (excludes halogenated alkanes) is 1. The molecular formula is C69H71Cl4NO12. The number of hydrogen-bond acceptors (Lipinski definition) is 13. The fourth-order valence-corrected chi connectivity index (χ4v) is 10.8. The van der Waals surface area contributed by atoms with Gasteiger partial charge in [-0.3, -0.25) is 9.59 Å². The van der Waals surface area contributed by atoms with Crippen LogP contribution in [0.5, 0.6) is 46.0 Å². The fraction of sp³-hybridized carbons (Fsp3) is 0.275. The third kappa shape index (κ3) is 16.5. The van der Waals surface area contributed by atoms with Gasteiger partial charge in [-0.05, 0) is 144 Å². The van der Waals surface area contributed by atoms with Crippen LogP contribution in [-0.2, 0) is 39.4 Å². The quantitative estimate of drug-likeness (QED) is 0.0314. The van der Waals surface area contributed by atoms with Gasteiger partial charge in [0.2, 0.25) is 0 Å². The van der Waals surface area contributed by atoms with E-state index in [-0.39, 0.29) is 26.4 Å². The topological polar surface area (TPSA) is 160 Å². The van der Waals surface area contributed by atoms with E-state index in [1.807, 2.05) is 54.6 Å². The summed E-state index contributed by atoms with van der Waals surface area (Å²) in [5.41, 5.74) is 15.4. The largest absolute Gasteiger partial charge is 0.496 e. The molecule has 0 unspecified atom stereocenters. The first-order valence-corrected chi connectivity index (χ1v) is 29.3. The van der Waals surface area contributed by atoms with Gasteiger partial charge in [0.05, 0.1) is 66.3 Å². The molecule has 0 heterocycles. The maximum absolute atomic E-state index is 11.3. The summed E-state index contributed by atoms with van der Waals surface area (Å²) >= 11 is 25.9. The minimum Gasteiger partial charge on any atom is -0.496 e. The van der Waals surface area contributed by atoms with Gasteiger partial charge in [0.1, 0.15) is 72.4 Å². The molecule has 8 rings (SSSR count). The zero-order chi connectivity index (χ0) is 61.9. The molecule has 8 aromatic carbocycles. The Hall–Kier alpha value is -7.46. The lowest BCUT2D eigenvalue weighted by atomic mass is 9.92. The number of halogens is 4. The molecular weight excluding hydrogens is 1180 g/mol. The highest BCUT2D eigenvalue weighted by molar-refractivity contribution is 6.33. The standard InChI is InChI=1S/C37H43Cl2NO6.C32H28Cl2O6/c1-24-27(22-45-36-19-34(43-3)26(17-32(36)38)9-5-6-15-41)10-7-12-30(24)31-13-8-11-28(25(31)2)23-46-37-20-35(44-4)29(18-33(37)39)21-40-14-16-42;1-19-21(17-39-31-13-29(37-3)23(15-35)11-27(31)33)7-5-9-25(19)26-10-6-8-22(20(26)2)18-40-32-14-30(38-4)24(16-36)12-28(32)34/h7-8,10-13,17-20,40-42H,5-6,9,14-16,21-23H2,1-4H3;5-16H,17-18H2,1-4H3. The van der Waals surface area contributed by atoms with Gasteiger partial charge in [-0.15, -0.1) is 0 Å². The molecule has 86 heavy (non-hydrogen) atoms. The minimum absolute atomic E-state index is 0.0555. The van der Waals surface area contributed by atoms with Crippen LogP contribution in [0.3, 0.4) is 0 Å². The van der Waals surface area contributed by atoms with E-state index in [0.717, 1.165) is 103 Å². The lowest BCUT2D eigenvalue weighted by Gasteiger charge is -2.18. The van der Waals surface area contributed by atoms with Crippen LogP contribution in [0.25, 0.3) is 22.3 Å². The molecule has 0 aromatic heterocycles. The second-order valence-electron chi connectivity index (χ2n) is 20.1. The van der Waals surface area contributed by atoms with Crippen LogP contribution in [-0.4, -0.2) is 71.0 Å². The SMILES string of the molecule is COc1cc(OCc2cccc(-c3cccc(COc4cc(OC)c(C=O)cc4Cl)c3C)c2C)c(Cl)cc1C=O.COc1cc(OCc2cccc(-c3cccc(COc4cc(OC)c(CNCCO)cc4Cl)c3C)c2C)c(Cl)cc1CCCCO. The molecule has 13 nitrogen and oxygen atoms in total. The number of aliphatic hydroxyl groups is 2. The first-order chi connectivity index (χ1) is 41.6. The number of aliphatic hydroxyl groups excluding tert-OH is 2. The third-order valence-electron chi connectivity index (χ3n) is 14.8. The van der Waals surface area contributed by atoms with Crippen LogP contribution >= 0.6 is 46.4 Å². The maximum Gasteiger partial charge on any atom is 0.153 e. The van der Waals surface area contributed by atoms with Crippen molar-refractivity contribution >= 4 is 59.0 Å². The maximum atomic E-state index is 11.3. The Kier molecular flexibility index (Phi) is 24.8. The lowest BCUT2D eigenvalue weighted by molar-refractivity contribution is 0.111. The van der Waals surface area contributed by atoms with E-state index in [2.05, 4.69) is 69.4 Å². The summed E-state index contributed by atoms with van der Waals surface area (Å²) in [4.78, 5) is 22.5. The van der Waals surface area contributed by atoms with Crippen molar-refractivity contribution in [2.45, 2.75) is 79.9 Å². The molecule has 0 atom stereocenters. The average Bonchev–Trinajstić information content (AvgIpc) is 2.56. The van der Waals surface area contributed by atoms with Gasteiger partial charge in [0.15, 0.2) is 12.6 Å². The van der Waals surface area contributed by atoms with E-state index in [0.29, 0.717) is 110 Å². The van der Waals surface area contributed by atoms with Crippen LogP contribution in [0.1, 0.15) is 89.2 Å². The molecule has 452 valence electrons. The number of aryl methyl sites for hydroxylation is 1. The average molecular weight is 1250 g/mol. The molecule has 0 aliphatic rings. The number of methoxy groups -OCH3 is 4. The summed E-state index contributed by atoms with van der Waals surface area (Å²) in [7, 11) is 6.23. The normalized spacial score (nSPS) is 10.9. The van der Waals surface area contributed by atoms with E-state index in [1.165, 1.54) is 26.4 Å². The molecule has 3 N–H and O–H groups in total. The van der Waals surface area contributed by atoms with Crippen molar-refractivity contribution in [3.05, 3.63) is 208 Å². The monoisotopic (exact) mass is 1250 g/mol. The highest BCUT2D eigenvalue weighted by Gasteiger charge is 2.19.